The number of halogens is 5. The number of hydrogen-bond acceptors (Lipinski definition) is 5. The fourth-order valence-electron chi connectivity index (χ4n) is 4.42. The predicted octanol–water partition coefficient (Wildman–Crippen LogP) is 5.27. The fraction of sp³-hybridized carbons (Fsp3) is 0.364. The molecule has 32 heavy (non-hydrogen) atoms. The van der Waals surface area contributed by atoms with Gasteiger partial charge >= 0.3 is 6.18 Å². The first kappa shape index (κ1) is 22.2. The molecule has 1 heterocycles. The summed E-state index contributed by atoms with van der Waals surface area (Å²) in [5.41, 5.74) is -3.30. The standard InChI is InChI=1S/C22H20F5N3O2/c1-3-11-8-21(32,22(25,26)27)20(13-4-5-15(24)19(31)18(11)13)30-17-7-12(23)6-16-14(17)9-28-10(2)29-16/h4-7,9,11,20,30-32H,3,8H2,1-2H3/t11-,20+,21-/m0/s1. The van der Waals surface area contributed by atoms with E-state index in [-0.39, 0.29) is 34.1 Å². The number of nitrogens with one attached hydrogen (secondary N) is 1. The molecule has 0 amide bonds. The normalized spacial score (nSPS) is 23.2. The molecule has 3 atom stereocenters. The monoisotopic (exact) mass is 453 g/mol. The Morgan fingerprint density at radius 3 is 2.59 bits per heavy atom. The number of aromatic hydroxyl groups is 1. The highest BCUT2D eigenvalue weighted by atomic mass is 19.4. The first-order chi connectivity index (χ1) is 15.0. The van der Waals surface area contributed by atoms with Crippen LogP contribution in [-0.2, 0) is 0 Å². The van der Waals surface area contributed by atoms with E-state index < -0.39 is 47.5 Å². The molecule has 0 spiro atoms. The summed E-state index contributed by atoms with van der Waals surface area (Å²) in [4.78, 5) is 8.13. The maximum atomic E-state index is 14.3. The van der Waals surface area contributed by atoms with E-state index in [0.29, 0.717) is 5.82 Å². The summed E-state index contributed by atoms with van der Waals surface area (Å²) in [5, 5.41) is 24.1. The Kier molecular flexibility index (Phi) is 5.23. The Labute approximate surface area is 179 Å². The van der Waals surface area contributed by atoms with Crippen LogP contribution in [0.3, 0.4) is 0 Å². The Hall–Kier alpha value is -3.01. The van der Waals surface area contributed by atoms with Gasteiger partial charge in [-0.05, 0) is 43.4 Å². The van der Waals surface area contributed by atoms with Crippen molar-refractivity contribution < 1.29 is 32.2 Å². The van der Waals surface area contributed by atoms with Crippen molar-refractivity contribution in [3.8, 4) is 5.75 Å². The topological polar surface area (TPSA) is 78.3 Å². The number of rotatable bonds is 3. The van der Waals surface area contributed by atoms with Crippen LogP contribution >= 0.6 is 0 Å². The first-order valence-electron chi connectivity index (χ1n) is 9.96. The quantitative estimate of drug-likeness (QED) is 0.471. The number of alkyl halides is 3. The van der Waals surface area contributed by atoms with Gasteiger partial charge in [-0.25, -0.2) is 18.7 Å². The molecule has 0 saturated heterocycles. The molecule has 0 bridgehead atoms. The number of aromatic nitrogens is 2. The molecule has 3 N–H and O–H groups in total. The van der Waals surface area contributed by atoms with Gasteiger partial charge in [-0.2, -0.15) is 13.2 Å². The number of benzene rings is 2. The predicted molar refractivity (Wildman–Crippen MR) is 107 cm³/mol. The minimum absolute atomic E-state index is 0.00766. The summed E-state index contributed by atoms with van der Waals surface area (Å²) in [7, 11) is 0. The Morgan fingerprint density at radius 1 is 1.22 bits per heavy atom. The largest absolute Gasteiger partial charge is 0.505 e. The van der Waals surface area contributed by atoms with E-state index in [2.05, 4.69) is 15.3 Å². The lowest BCUT2D eigenvalue weighted by Crippen LogP contribution is -2.55. The number of aliphatic hydroxyl groups is 1. The van der Waals surface area contributed by atoms with Crippen LogP contribution in [0.2, 0.25) is 0 Å². The SMILES string of the molecule is CC[C@H]1C[C@@](O)(C(F)(F)F)[C@H](Nc2cc(F)cc3nc(C)ncc23)c2ccc(F)c(O)c21. The molecule has 0 radical (unpaired) electrons. The smallest absolute Gasteiger partial charge is 0.419 e. The number of hydrogen-bond donors (Lipinski definition) is 3. The van der Waals surface area contributed by atoms with Gasteiger partial charge in [0.25, 0.3) is 0 Å². The van der Waals surface area contributed by atoms with Crippen LogP contribution in [0.15, 0.2) is 30.5 Å². The lowest BCUT2D eigenvalue weighted by molar-refractivity contribution is -0.272. The number of anilines is 1. The molecule has 5 nitrogen and oxygen atoms in total. The van der Waals surface area contributed by atoms with Crippen LogP contribution in [0.4, 0.5) is 27.6 Å². The zero-order valence-electron chi connectivity index (χ0n) is 17.1. The highest BCUT2D eigenvalue weighted by molar-refractivity contribution is 5.91. The van der Waals surface area contributed by atoms with Crippen LogP contribution in [-0.4, -0.2) is 32.0 Å². The summed E-state index contributed by atoms with van der Waals surface area (Å²) < 4.78 is 70.9. The minimum Gasteiger partial charge on any atom is -0.505 e. The van der Waals surface area contributed by atoms with Gasteiger partial charge in [0.15, 0.2) is 17.2 Å². The molecule has 3 aromatic rings. The van der Waals surface area contributed by atoms with E-state index in [1.807, 2.05) is 0 Å². The Bertz CT molecular complexity index is 1200. The third-order valence-electron chi connectivity index (χ3n) is 6.03. The van der Waals surface area contributed by atoms with E-state index in [0.717, 1.165) is 24.3 Å². The second-order valence-electron chi connectivity index (χ2n) is 8.01. The van der Waals surface area contributed by atoms with Gasteiger partial charge in [-0.15, -0.1) is 0 Å². The Morgan fingerprint density at radius 2 is 1.94 bits per heavy atom. The zero-order chi connectivity index (χ0) is 23.4. The van der Waals surface area contributed by atoms with Gasteiger partial charge in [-0.3, -0.25) is 0 Å². The molecule has 1 aromatic heterocycles. The molecule has 1 aliphatic carbocycles. The molecule has 0 aliphatic heterocycles. The van der Waals surface area contributed by atoms with Gasteiger partial charge in [-0.1, -0.05) is 13.0 Å². The van der Waals surface area contributed by atoms with Crippen molar-refractivity contribution >= 4 is 16.6 Å². The van der Waals surface area contributed by atoms with Crippen LogP contribution < -0.4 is 5.32 Å². The average Bonchev–Trinajstić information content (AvgIpc) is 2.70. The van der Waals surface area contributed by atoms with Gasteiger partial charge < -0.3 is 15.5 Å². The van der Waals surface area contributed by atoms with Crippen molar-refractivity contribution in [3.63, 3.8) is 0 Å². The zero-order valence-corrected chi connectivity index (χ0v) is 17.1. The van der Waals surface area contributed by atoms with Gasteiger partial charge in [0.2, 0.25) is 0 Å². The van der Waals surface area contributed by atoms with E-state index in [9.17, 15) is 32.2 Å². The second kappa shape index (κ2) is 7.54. The van der Waals surface area contributed by atoms with E-state index in [1.165, 1.54) is 6.20 Å². The molecule has 1 aliphatic rings. The molecular formula is C22H20F5N3O2. The number of phenols is 1. The van der Waals surface area contributed by atoms with E-state index in [4.69, 9.17) is 0 Å². The van der Waals surface area contributed by atoms with Crippen LogP contribution in [0.5, 0.6) is 5.75 Å². The van der Waals surface area contributed by atoms with Crippen molar-refractivity contribution in [1.82, 2.24) is 9.97 Å². The van der Waals surface area contributed by atoms with Gasteiger partial charge in [0, 0.05) is 28.9 Å². The molecule has 170 valence electrons. The molecule has 0 saturated carbocycles. The van der Waals surface area contributed by atoms with Crippen molar-refractivity contribution in [2.45, 2.75) is 50.4 Å². The molecule has 0 fully saturated rings. The molecule has 10 heteroatoms. The van der Waals surface area contributed by atoms with Crippen LogP contribution in [0.25, 0.3) is 10.9 Å². The third kappa shape index (κ3) is 3.42. The molecule has 0 unspecified atom stereocenters. The fourth-order valence-corrected chi connectivity index (χ4v) is 4.42. The lowest BCUT2D eigenvalue weighted by Gasteiger charge is -2.45. The van der Waals surface area contributed by atoms with Gasteiger partial charge in [0.1, 0.15) is 11.6 Å². The summed E-state index contributed by atoms with van der Waals surface area (Å²) in [6.45, 7) is 3.17. The first-order valence-corrected chi connectivity index (χ1v) is 9.96. The molecular weight excluding hydrogens is 433 g/mol. The number of nitrogens with zero attached hydrogens (tertiary/aromatic N) is 2. The summed E-state index contributed by atoms with van der Waals surface area (Å²) in [6, 6.07) is 2.19. The van der Waals surface area contributed by atoms with Crippen molar-refractivity contribution in [2.75, 3.05) is 5.32 Å². The van der Waals surface area contributed by atoms with E-state index >= 15 is 0 Å². The van der Waals surface area contributed by atoms with Crippen LogP contribution in [0.1, 0.15) is 48.7 Å². The third-order valence-corrected chi connectivity index (χ3v) is 6.03. The van der Waals surface area contributed by atoms with Crippen LogP contribution in [0, 0.1) is 18.6 Å². The number of fused-ring (bicyclic) bond motifs is 2. The highest BCUT2D eigenvalue weighted by Crippen LogP contribution is 2.55. The van der Waals surface area contributed by atoms with Crippen molar-refractivity contribution in [2.24, 2.45) is 0 Å². The Balaban J connectivity index is 1.95. The average molecular weight is 453 g/mol. The number of phenolic OH excluding ortho intramolecular Hbond substituents is 1. The van der Waals surface area contributed by atoms with Gasteiger partial charge in [0.05, 0.1) is 11.6 Å². The molecule has 2 aromatic carbocycles. The summed E-state index contributed by atoms with van der Waals surface area (Å²) >= 11 is 0. The summed E-state index contributed by atoms with van der Waals surface area (Å²) in [6.07, 6.45) is -4.41. The minimum atomic E-state index is -5.07. The summed E-state index contributed by atoms with van der Waals surface area (Å²) in [5.74, 6) is -3.08. The number of aryl methyl sites for hydroxylation is 1. The maximum absolute atomic E-state index is 14.3. The second-order valence-corrected chi connectivity index (χ2v) is 8.01. The molecule has 4 rings (SSSR count). The highest BCUT2D eigenvalue weighted by Gasteiger charge is 2.62. The lowest BCUT2D eigenvalue weighted by atomic mass is 9.69. The maximum Gasteiger partial charge on any atom is 0.419 e. The van der Waals surface area contributed by atoms with Crippen molar-refractivity contribution in [1.29, 1.82) is 0 Å². The van der Waals surface area contributed by atoms with E-state index in [1.54, 1.807) is 13.8 Å². The van der Waals surface area contributed by atoms with Crippen molar-refractivity contribution in [3.05, 3.63) is 59.0 Å².